The monoisotopic (exact) mass is 750 g/mol. The van der Waals surface area contributed by atoms with Gasteiger partial charge in [-0.1, -0.05) is 91.9 Å². The Kier molecular flexibility index (Phi) is 18.9. The lowest BCUT2D eigenvalue weighted by Crippen LogP contribution is -2.12. The van der Waals surface area contributed by atoms with Crippen LogP contribution in [0, 0.1) is 0 Å². The van der Waals surface area contributed by atoms with E-state index in [9.17, 15) is 27.6 Å². The molecule has 3 nitrogen and oxygen atoms in total. The fourth-order valence-electron chi connectivity index (χ4n) is 5.64. The molecule has 0 fully saturated rings. The molecule has 0 aliphatic heterocycles. The number of carbonyl (C=O) groups is 3. The van der Waals surface area contributed by atoms with Crippen molar-refractivity contribution in [3.05, 3.63) is 110 Å². The molecule has 2 aromatic heterocycles. The van der Waals surface area contributed by atoms with Gasteiger partial charge in [0.2, 0.25) is 0 Å². The van der Waals surface area contributed by atoms with Crippen LogP contribution in [0.1, 0.15) is 123 Å². The molecule has 0 unspecified atom stereocenters. The Morgan fingerprint density at radius 1 is 0.596 bits per heavy atom. The van der Waals surface area contributed by atoms with Gasteiger partial charge >= 0.3 is 6.18 Å². The lowest BCUT2D eigenvalue weighted by Gasteiger charge is -2.10. The second kappa shape index (κ2) is 22.2. The highest BCUT2D eigenvalue weighted by atomic mass is 32.1. The Bertz CT molecular complexity index is 1830. The molecular formula is C44H53F3O3S2. The number of halogens is 3. The van der Waals surface area contributed by atoms with Crippen molar-refractivity contribution >= 4 is 66.8 Å². The fraction of sp³-hybridized carbons (Fsp3) is 0.386. The first-order valence-corrected chi connectivity index (χ1v) is 19.7. The molecular weight excluding hydrogens is 698 g/mol. The number of ketones is 3. The molecule has 8 heteroatoms. The number of benzene rings is 2. The van der Waals surface area contributed by atoms with E-state index < -0.39 is 24.8 Å². The van der Waals surface area contributed by atoms with Crippen LogP contribution in [0.25, 0.3) is 26.8 Å². The van der Waals surface area contributed by atoms with E-state index in [0.717, 1.165) is 64.7 Å². The molecule has 4 rings (SSSR count). The Labute approximate surface area is 316 Å². The molecule has 0 radical (unpaired) electrons. The molecule has 0 amide bonds. The molecule has 0 spiro atoms. The minimum absolute atomic E-state index is 0.283. The molecule has 2 aromatic carbocycles. The molecule has 0 saturated carbocycles. The van der Waals surface area contributed by atoms with Crippen LogP contribution in [0.15, 0.2) is 93.5 Å². The Morgan fingerprint density at radius 3 is 1.60 bits per heavy atom. The van der Waals surface area contributed by atoms with Crippen LogP contribution in [0.2, 0.25) is 0 Å². The Hall–Kier alpha value is -3.88. The van der Waals surface area contributed by atoms with Crippen molar-refractivity contribution in [1.29, 1.82) is 0 Å². The van der Waals surface area contributed by atoms with Crippen LogP contribution in [-0.4, -0.2) is 23.5 Å². The van der Waals surface area contributed by atoms with Crippen LogP contribution in [0.5, 0.6) is 0 Å². The second-order valence-electron chi connectivity index (χ2n) is 13.2. The van der Waals surface area contributed by atoms with Crippen molar-refractivity contribution in [2.75, 3.05) is 0 Å². The fourth-order valence-corrected chi connectivity index (χ4v) is 7.24. The summed E-state index contributed by atoms with van der Waals surface area (Å²) in [6.45, 7) is 15.8. The standard InChI is InChI=1S/C17H20OS.C14H15F3O.C13H18OS/c1-4-5-9-15(18)17(12(2)3)14-11-19-16-10-7-6-8-13(14)16;1-10(2)13(11-6-4-3-5-7-11)12(18)8-9-14(15,16)17;1-4-5-6-12(14)13(10(2)3)11-7-8-15-9-11/h6-8,10-11H,4-5,9H2,1-3H3;3-7H,8-9H2,1-2H3;7-9H,4-6H2,1-3H3. The van der Waals surface area contributed by atoms with Crippen LogP contribution >= 0.6 is 22.7 Å². The van der Waals surface area contributed by atoms with Crippen molar-refractivity contribution < 1.29 is 27.6 Å². The van der Waals surface area contributed by atoms with Gasteiger partial charge in [-0.25, -0.2) is 0 Å². The second-order valence-corrected chi connectivity index (χ2v) is 14.9. The van der Waals surface area contributed by atoms with Crippen molar-refractivity contribution in [2.45, 2.75) is 113 Å². The van der Waals surface area contributed by atoms with Crippen LogP contribution in [0.4, 0.5) is 13.2 Å². The number of thiophene rings is 2. The maximum atomic E-state index is 12.4. The van der Waals surface area contributed by atoms with Crippen molar-refractivity contribution in [3.8, 4) is 0 Å². The topological polar surface area (TPSA) is 51.2 Å². The summed E-state index contributed by atoms with van der Waals surface area (Å²) in [6.07, 6.45) is -0.448. The maximum Gasteiger partial charge on any atom is 0.389 e. The summed E-state index contributed by atoms with van der Waals surface area (Å²) in [6, 6.07) is 19.1. The van der Waals surface area contributed by atoms with Crippen LogP contribution < -0.4 is 0 Å². The first-order valence-electron chi connectivity index (χ1n) is 17.9. The first kappa shape index (κ1) is 44.3. The number of allylic oxidation sites excluding steroid dienone is 6. The zero-order valence-corrected chi connectivity index (χ0v) is 33.5. The van der Waals surface area contributed by atoms with Gasteiger partial charge in [-0.15, -0.1) is 11.3 Å². The quantitative estimate of drug-likeness (QED) is 0.121. The third-order valence-corrected chi connectivity index (χ3v) is 9.76. The molecule has 280 valence electrons. The molecule has 0 aliphatic carbocycles. The van der Waals surface area contributed by atoms with Crippen LogP contribution in [0.3, 0.4) is 0 Å². The highest BCUT2D eigenvalue weighted by Gasteiger charge is 2.29. The minimum atomic E-state index is -4.29. The Morgan fingerprint density at radius 2 is 1.10 bits per heavy atom. The average Bonchev–Trinajstić information content (AvgIpc) is 3.77. The summed E-state index contributed by atoms with van der Waals surface area (Å²) in [7, 11) is 0. The highest BCUT2D eigenvalue weighted by molar-refractivity contribution is 7.17. The molecule has 0 saturated heterocycles. The first-order chi connectivity index (χ1) is 24.6. The molecule has 0 atom stereocenters. The van der Waals surface area contributed by atoms with Gasteiger partial charge in [-0.3, -0.25) is 14.4 Å². The molecule has 0 bridgehead atoms. The van der Waals surface area contributed by atoms with Crippen molar-refractivity contribution in [3.63, 3.8) is 0 Å². The third-order valence-electron chi connectivity index (χ3n) is 8.11. The van der Waals surface area contributed by atoms with E-state index in [1.54, 1.807) is 66.9 Å². The van der Waals surface area contributed by atoms with E-state index in [0.29, 0.717) is 24.0 Å². The zero-order valence-electron chi connectivity index (χ0n) is 31.8. The number of Topliss-reactive ketones (excluding diaryl/α,β-unsaturated/α-hetero) is 3. The largest absolute Gasteiger partial charge is 0.389 e. The third kappa shape index (κ3) is 14.3. The summed E-state index contributed by atoms with van der Waals surface area (Å²) in [5.74, 6) is 0.110. The molecule has 4 aromatic rings. The molecule has 2 heterocycles. The number of unbranched alkanes of at least 4 members (excludes halogenated alkanes) is 2. The molecule has 0 aliphatic rings. The van der Waals surface area contributed by atoms with E-state index in [2.05, 4.69) is 31.4 Å². The SMILES string of the molecule is CC(C)=C(C(=O)CCC(F)(F)F)c1ccccc1.CCCCC(=O)C(=C(C)C)c1ccsc1.CCCCC(=O)C(=C(C)C)c1csc2ccccc12. The minimum Gasteiger partial charge on any atom is -0.294 e. The number of hydrogen-bond donors (Lipinski definition) is 0. The van der Waals surface area contributed by atoms with Gasteiger partial charge in [0.05, 0.1) is 6.42 Å². The van der Waals surface area contributed by atoms with E-state index in [1.807, 2.05) is 56.7 Å². The number of rotatable bonds is 14. The van der Waals surface area contributed by atoms with Crippen molar-refractivity contribution in [1.82, 2.24) is 0 Å². The van der Waals surface area contributed by atoms with Gasteiger partial charge < -0.3 is 0 Å². The number of carbonyl (C=O) groups excluding carboxylic acids is 3. The number of hydrogen-bond acceptors (Lipinski definition) is 5. The van der Waals surface area contributed by atoms with E-state index in [-0.39, 0.29) is 11.6 Å². The lowest BCUT2D eigenvalue weighted by molar-refractivity contribution is -0.141. The van der Waals surface area contributed by atoms with Crippen LogP contribution in [-0.2, 0) is 14.4 Å². The lowest BCUT2D eigenvalue weighted by atomic mass is 9.94. The summed E-state index contributed by atoms with van der Waals surface area (Å²) >= 11 is 3.35. The van der Waals surface area contributed by atoms with Gasteiger partial charge in [-0.05, 0) is 93.8 Å². The number of fused-ring (bicyclic) bond motifs is 1. The predicted molar refractivity (Wildman–Crippen MR) is 217 cm³/mol. The average molecular weight is 751 g/mol. The summed E-state index contributed by atoms with van der Waals surface area (Å²) < 4.78 is 37.6. The maximum absolute atomic E-state index is 12.4. The van der Waals surface area contributed by atoms with Gasteiger partial charge in [0, 0.05) is 51.6 Å². The summed E-state index contributed by atoms with van der Waals surface area (Å²) in [4.78, 5) is 36.3. The van der Waals surface area contributed by atoms with E-state index >= 15 is 0 Å². The zero-order chi connectivity index (χ0) is 38.8. The van der Waals surface area contributed by atoms with Gasteiger partial charge in [0.15, 0.2) is 17.3 Å². The van der Waals surface area contributed by atoms with E-state index in [1.165, 1.54) is 10.1 Å². The van der Waals surface area contributed by atoms with Gasteiger partial charge in [0.1, 0.15) is 0 Å². The smallest absolute Gasteiger partial charge is 0.294 e. The normalized spacial score (nSPS) is 10.7. The van der Waals surface area contributed by atoms with E-state index in [4.69, 9.17) is 0 Å². The van der Waals surface area contributed by atoms with Gasteiger partial charge in [0.25, 0.3) is 0 Å². The molecule has 52 heavy (non-hydrogen) atoms. The summed E-state index contributed by atoms with van der Waals surface area (Å²) in [5, 5.41) is 7.39. The van der Waals surface area contributed by atoms with Crippen molar-refractivity contribution in [2.24, 2.45) is 0 Å². The molecule has 0 N–H and O–H groups in total. The number of alkyl halides is 3. The van der Waals surface area contributed by atoms with Gasteiger partial charge in [-0.2, -0.15) is 24.5 Å². The highest BCUT2D eigenvalue weighted by Crippen LogP contribution is 2.34. The Balaban J connectivity index is 0.000000272. The predicted octanol–water partition coefficient (Wildman–Crippen LogP) is 14.1. The summed E-state index contributed by atoms with van der Waals surface area (Å²) in [5.41, 5.74) is 8.07.